The third kappa shape index (κ3) is 7.38. The van der Waals surface area contributed by atoms with Gasteiger partial charge >= 0.3 is 0 Å². The molecule has 3 aromatic rings. The summed E-state index contributed by atoms with van der Waals surface area (Å²) in [4.78, 5) is 17.2. The fraction of sp³-hybridized carbons (Fsp3) is 0.321. The molecule has 5 nitrogen and oxygen atoms in total. The topological polar surface area (TPSA) is 44.8 Å². The summed E-state index contributed by atoms with van der Waals surface area (Å²) in [5, 5.41) is 4.25. The van der Waals surface area contributed by atoms with E-state index >= 15 is 0 Å². The second-order valence-corrected chi connectivity index (χ2v) is 9.45. The fourth-order valence-corrected chi connectivity index (χ4v) is 4.57. The summed E-state index contributed by atoms with van der Waals surface area (Å²) in [7, 11) is 0. The Balaban J connectivity index is 1.10. The van der Waals surface area contributed by atoms with Crippen LogP contribution in [0.3, 0.4) is 0 Å². The normalized spacial score (nSPS) is 14.1. The van der Waals surface area contributed by atoms with Crippen LogP contribution < -0.4 is 15.0 Å². The molecule has 1 heterocycles. The largest absolute Gasteiger partial charge is 0.489 e. The highest BCUT2D eigenvalue weighted by Crippen LogP contribution is 2.32. The zero-order chi connectivity index (χ0) is 24.5. The minimum Gasteiger partial charge on any atom is -0.489 e. The second kappa shape index (κ2) is 12.8. The average molecular weight is 512 g/mol. The number of hydrogen-bond donors (Lipinski definition) is 1. The van der Waals surface area contributed by atoms with Gasteiger partial charge in [-0.2, -0.15) is 0 Å². The van der Waals surface area contributed by atoms with Crippen molar-refractivity contribution in [1.82, 2.24) is 10.2 Å². The van der Waals surface area contributed by atoms with Crippen LogP contribution in [0.1, 0.15) is 28.8 Å². The molecule has 184 valence electrons. The highest BCUT2D eigenvalue weighted by atomic mass is 35.5. The maximum atomic E-state index is 12.4. The molecule has 35 heavy (non-hydrogen) atoms. The van der Waals surface area contributed by atoms with Crippen molar-refractivity contribution < 1.29 is 9.53 Å². The van der Waals surface area contributed by atoms with Crippen LogP contribution in [0.2, 0.25) is 10.0 Å². The lowest BCUT2D eigenvalue weighted by atomic mass is 10.2. The van der Waals surface area contributed by atoms with Gasteiger partial charge < -0.3 is 15.0 Å². The summed E-state index contributed by atoms with van der Waals surface area (Å²) < 4.78 is 5.79. The Hall–Kier alpha value is -2.73. The predicted octanol–water partition coefficient (Wildman–Crippen LogP) is 5.90. The molecule has 0 atom stereocenters. The van der Waals surface area contributed by atoms with E-state index in [-0.39, 0.29) is 5.91 Å². The van der Waals surface area contributed by atoms with E-state index in [0.29, 0.717) is 28.8 Å². The van der Waals surface area contributed by atoms with Crippen molar-refractivity contribution in [3.8, 4) is 5.75 Å². The molecule has 0 bridgehead atoms. The predicted molar refractivity (Wildman–Crippen MR) is 144 cm³/mol. The van der Waals surface area contributed by atoms with E-state index in [1.165, 1.54) is 0 Å². The quantitative estimate of drug-likeness (QED) is 0.344. The van der Waals surface area contributed by atoms with E-state index in [4.69, 9.17) is 27.9 Å². The maximum Gasteiger partial charge on any atom is 0.251 e. The molecule has 4 rings (SSSR count). The van der Waals surface area contributed by atoms with Gasteiger partial charge in [-0.1, -0.05) is 59.6 Å². The van der Waals surface area contributed by atoms with Crippen LogP contribution in [0.5, 0.6) is 5.75 Å². The molecule has 0 aromatic heterocycles. The smallest absolute Gasteiger partial charge is 0.251 e. The lowest BCUT2D eigenvalue weighted by Gasteiger charge is -2.36. The first-order valence-electron chi connectivity index (χ1n) is 12.1. The van der Waals surface area contributed by atoms with E-state index in [0.717, 1.165) is 62.6 Å². The van der Waals surface area contributed by atoms with Crippen molar-refractivity contribution >= 4 is 34.8 Å². The molecule has 1 aliphatic rings. The SMILES string of the molecule is O=C(NCCCCN1CCN(c2cccc(Cl)c2Cl)CC1)c1ccc(OCc2ccccc2)cc1. The molecule has 1 fully saturated rings. The molecule has 0 spiro atoms. The number of nitrogens with one attached hydrogen (secondary N) is 1. The van der Waals surface area contributed by atoms with Crippen molar-refractivity contribution in [3.63, 3.8) is 0 Å². The minimum absolute atomic E-state index is 0.0494. The third-order valence-corrected chi connectivity index (χ3v) is 7.00. The summed E-state index contributed by atoms with van der Waals surface area (Å²) in [5.74, 6) is 0.703. The van der Waals surface area contributed by atoms with Crippen LogP contribution in [-0.4, -0.2) is 50.1 Å². The first-order valence-corrected chi connectivity index (χ1v) is 12.8. The number of carbonyl (C=O) groups excluding carboxylic acids is 1. The molecular weight excluding hydrogens is 481 g/mol. The van der Waals surface area contributed by atoms with Crippen molar-refractivity contribution in [2.45, 2.75) is 19.4 Å². The Morgan fingerprint density at radius 3 is 2.34 bits per heavy atom. The Kier molecular flexibility index (Phi) is 9.29. The number of halogens is 2. The first-order chi connectivity index (χ1) is 17.1. The van der Waals surface area contributed by atoms with Gasteiger partial charge in [0, 0.05) is 38.3 Å². The summed E-state index contributed by atoms with van der Waals surface area (Å²) in [5.41, 5.74) is 2.77. The van der Waals surface area contributed by atoms with Crippen LogP contribution in [0, 0.1) is 0 Å². The lowest BCUT2D eigenvalue weighted by molar-refractivity contribution is 0.0952. The van der Waals surface area contributed by atoms with Gasteiger partial charge in [0.2, 0.25) is 0 Å². The molecule has 1 saturated heterocycles. The summed E-state index contributed by atoms with van der Waals surface area (Å²) >= 11 is 12.5. The number of nitrogens with zero attached hydrogens (tertiary/aromatic N) is 2. The van der Waals surface area contributed by atoms with Gasteiger partial charge in [0.05, 0.1) is 15.7 Å². The molecule has 1 amide bonds. The van der Waals surface area contributed by atoms with Gasteiger partial charge in [0.25, 0.3) is 5.91 Å². The van der Waals surface area contributed by atoms with Crippen LogP contribution in [0.25, 0.3) is 0 Å². The Morgan fingerprint density at radius 1 is 0.857 bits per heavy atom. The Bertz CT molecular complexity index is 1090. The number of carbonyl (C=O) groups is 1. The molecule has 0 aliphatic carbocycles. The van der Waals surface area contributed by atoms with Crippen molar-refractivity contribution in [2.24, 2.45) is 0 Å². The molecule has 0 unspecified atom stereocenters. The van der Waals surface area contributed by atoms with Crippen molar-refractivity contribution in [2.75, 3.05) is 44.2 Å². The van der Waals surface area contributed by atoms with Crippen LogP contribution in [-0.2, 0) is 6.61 Å². The molecule has 7 heteroatoms. The van der Waals surface area contributed by atoms with E-state index in [2.05, 4.69) is 15.1 Å². The van der Waals surface area contributed by atoms with Crippen LogP contribution in [0.4, 0.5) is 5.69 Å². The van der Waals surface area contributed by atoms with Gasteiger partial charge in [-0.05, 0) is 61.3 Å². The van der Waals surface area contributed by atoms with E-state index in [1.54, 1.807) is 12.1 Å². The molecule has 1 aliphatic heterocycles. The van der Waals surface area contributed by atoms with Gasteiger partial charge in [0.1, 0.15) is 12.4 Å². The summed E-state index contributed by atoms with van der Waals surface area (Å²) in [6, 6.07) is 23.1. The fourth-order valence-electron chi connectivity index (χ4n) is 4.16. The van der Waals surface area contributed by atoms with E-state index in [9.17, 15) is 4.79 Å². The lowest BCUT2D eigenvalue weighted by Crippen LogP contribution is -2.46. The highest BCUT2D eigenvalue weighted by Gasteiger charge is 2.19. The van der Waals surface area contributed by atoms with E-state index in [1.807, 2.05) is 60.7 Å². The number of unbranched alkanes of at least 4 members (excludes halogenated alkanes) is 1. The van der Waals surface area contributed by atoms with Crippen molar-refractivity contribution in [1.29, 1.82) is 0 Å². The van der Waals surface area contributed by atoms with Crippen LogP contribution >= 0.6 is 23.2 Å². The van der Waals surface area contributed by atoms with Crippen molar-refractivity contribution in [3.05, 3.63) is 94.0 Å². The zero-order valence-electron chi connectivity index (χ0n) is 19.8. The Morgan fingerprint density at radius 2 is 1.60 bits per heavy atom. The molecule has 1 N–H and O–H groups in total. The molecular formula is C28H31Cl2N3O2. The number of hydrogen-bond acceptors (Lipinski definition) is 4. The van der Waals surface area contributed by atoms with Gasteiger partial charge in [-0.15, -0.1) is 0 Å². The van der Waals surface area contributed by atoms with Gasteiger partial charge in [-0.3, -0.25) is 9.69 Å². The molecule has 0 saturated carbocycles. The summed E-state index contributed by atoms with van der Waals surface area (Å²) in [6.07, 6.45) is 1.99. The number of benzene rings is 3. The minimum atomic E-state index is -0.0494. The average Bonchev–Trinajstić information content (AvgIpc) is 2.90. The summed E-state index contributed by atoms with van der Waals surface area (Å²) in [6.45, 7) is 6.06. The Labute approximate surface area is 217 Å². The first kappa shape index (κ1) is 25.4. The maximum absolute atomic E-state index is 12.4. The second-order valence-electron chi connectivity index (χ2n) is 8.66. The number of piperazine rings is 1. The van der Waals surface area contributed by atoms with E-state index < -0.39 is 0 Å². The van der Waals surface area contributed by atoms with Gasteiger partial charge in [-0.25, -0.2) is 0 Å². The number of ether oxygens (including phenoxy) is 1. The number of anilines is 1. The molecule has 0 radical (unpaired) electrons. The third-order valence-electron chi connectivity index (χ3n) is 6.20. The highest BCUT2D eigenvalue weighted by molar-refractivity contribution is 6.43. The monoisotopic (exact) mass is 511 g/mol. The zero-order valence-corrected chi connectivity index (χ0v) is 21.3. The standard InChI is InChI=1S/C28H31Cl2N3O2/c29-25-9-6-10-26(27(25)30)33-19-17-32(18-20-33)16-5-4-15-31-28(34)23-11-13-24(14-12-23)35-21-22-7-2-1-3-8-22/h1-3,6-14H,4-5,15-21H2,(H,31,34). The number of rotatable bonds is 10. The molecule has 3 aromatic carbocycles. The van der Waals surface area contributed by atoms with Crippen LogP contribution in [0.15, 0.2) is 72.8 Å². The number of amides is 1. The van der Waals surface area contributed by atoms with Gasteiger partial charge in [0.15, 0.2) is 0 Å².